The van der Waals surface area contributed by atoms with Crippen molar-refractivity contribution in [3.8, 4) is 0 Å². The first kappa shape index (κ1) is 16.7. The number of carbonyl (C=O) groups is 2. The summed E-state index contributed by atoms with van der Waals surface area (Å²) in [6.45, 7) is 3.15. The summed E-state index contributed by atoms with van der Waals surface area (Å²) in [6.07, 6.45) is -3.03. The fourth-order valence-electron chi connectivity index (χ4n) is 1.69. The average molecular weight is 270 g/mol. The number of hydrogen-bond donors (Lipinski definition) is 2. The molecule has 1 fully saturated rings. The van der Waals surface area contributed by atoms with Crippen molar-refractivity contribution in [3.63, 3.8) is 0 Å². The van der Waals surface area contributed by atoms with E-state index in [-0.39, 0.29) is 11.8 Å². The van der Waals surface area contributed by atoms with Gasteiger partial charge in [0.2, 0.25) is 5.91 Å². The van der Waals surface area contributed by atoms with Crippen molar-refractivity contribution < 1.29 is 27.9 Å². The zero-order chi connectivity index (χ0) is 14.5. The van der Waals surface area contributed by atoms with E-state index in [1.54, 1.807) is 0 Å². The zero-order valence-electron chi connectivity index (χ0n) is 10.2. The number of nitrogens with zero attached hydrogens (tertiary/aromatic N) is 1. The van der Waals surface area contributed by atoms with Crippen LogP contribution in [0.25, 0.3) is 0 Å². The van der Waals surface area contributed by atoms with E-state index in [0.717, 1.165) is 19.4 Å². The van der Waals surface area contributed by atoms with Crippen LogP contribution >= 0.6 is 0 Å². The Morgan fingerprint density at radius 2 is 1.83 bits per heavy atom. The van der Waals surface area contributed by atoms with Crippen molar-refractivity contribution in [2.45, 2.75) is 32.0 Å². The van der Waals surface area contributed by atoms with Crippen molar-refractivity contribution in [3.05, 3.63) is 0 Å². The molecule has 1 aliphatic heterocycles. The van der Waals surface area contributed by atoms with Crippen molar-refractivity contribution >= 4 is 11.9 Å². The summed E-state index contributed by atoms with van der Waals surface area (Å²) in [6, 6.07) is 0.321. The second-order valence-electron chi connectivity index (χ2n) is 4.18. The van der Waals surface area contributed by atoms with Crippen molar-refractivity contribution in [1.82, 2.24) is 4.90 Å². The van der Waals surface area contributed by atoms with E-state index < -0.39 is 12.1 Å². The largest absolute Gasteiger partial charge is 0.490 e. The number of nitrogens with two attached hydrogens (primary N) is 1. The maximum atomic E-state index is 10.9. The summed E-state index contributed by atoms with van der Waals surface area (Å²) in [5.41, 5.74) is 5.25. The second kappa shape index (κ2) is 6.58. The number of aliphatic carboxylic acids is 1. The van der Waals surface area contributed by atoms with Crippen LogP contribution < -0.4 is 5.73 Å². The molecule has 18 heavy (non-hydrogen) atoms. The summed E-state index contributed by atoms with van der Waals surface area (Å²) < 4.78 is 31.7. The topological polar surface area (TPSA) is 83.6 Å². The van der Waals surface area contributed by atoms with Crippen molar-refractivity contribution in [2.24, 2.45) is 11.7 Å². The first-order valence-electron chi connectivity index (χ1n) is 5.37. The minimum absolute atomic E-state index is 0.0637. The molecule has 0 saturated carbocycles. The molecule has 1 saturated heterocycles. The highest BCUT2D eigenvalue weighted by molar-refractivity contribution is 5.77. The molecule has 1 amide bonds. The molecule has 1 rings (SSSR count). The van der Waals surface area contributed by atoms with Gasteiger partial charge in [0.15, 0.2) is 0 Å². The van der Waals surface area contributed by atoms with Gasteiger partial charge in [-0.1, -0.05) is 0 Å². The van der Waals surface area contributed by atoms with Crippen LogP contribution in [-0.2, 0) is 9.59 Å². The minimum Gasteiger partial charge on any atom is -0.475 e. The SMILES string of the molecule is CC1C(C(N)=O)CCCN1C.O=C(O)C(F)(F)F. The Bertz CT molecular complexity index is 307. The van der Waals surface area contributed by atoms with Gasteiger partial charge in [0.1, 0.15) is 0 Å². The van der Waals surface area contributed by atoms with Gasteiger partial charge < -0.3 is 15.7 Å². The van der Waals surface area contributed by atoms with E-state index in [4.69, 9.17) is 15.6 Å². The van der Waals surface area contributed by atoms with Crippen molar-refractivity contribution in [1.29, 1.82) is 0 Å². The molecule has 5 nitrogen and oxygen atoms in total. The number of hydrogen-bond acceptors (Lipinski definition) is 3. The number of carbonyl (C=O) groups excluding carboxylic acids is 1. The van der Waals surface area contributed by atoms with Gasteiger partial charge in [-0.3, -0.25) is 4.79 Å². The lowest BCUT2D eigenvalue weighted by Crippen LogP contribution is -2.46. The Balaban J connectivity index is 0.000000360. The van der Waals surface area contributed by atoms with Crippen molar-refractivity contribution in [2.75, 3.05) is 13.6 Å². The summed E-state index contributed by atoms with van der Waals surface area (Å²) in [5.74, 6) is -2.84. The molecular formula is C10H17F3N2O3. The molecule has 0 aromatic carbocycles. The molecule has 2 unspecified atom stereocenters. The lowest BCUT2D eigenvalue weighted by molar-refractivity contribution is -0.192. The summed E-state index contributed by atoms with van der Waals surface area (Å²) >= 11 is 0. The quantitative estimate of drug-likeness (QED) is 0.739. The molecule has 1 aliphatic rings. The van der Waals surface area contributed by atoms with Gasteiger partial charge in [-0.15, -0.1) is 0 Å². The second-order valence-corrected chi connectivity index (χ2v) is 4.18. The van der Waals surface area contributed by atoms with Gasteiger partial charge in [-0.05, 0) is 33.4 Å². The Morgan fingerprint density at radius 3 is 2.11 bits per heavy atom. The smallest absolute Gasteiger partial charge is 0.475 e. The molecule has 1 heterocycles. The van der Waals surface area contributed by atoms with Crippen LogP contribution in [0.1, 0.15) is 19.8 Å². The lowest BCUT2D eigenvalue weighted by Gasteiger charge is -2.34. The molecule has 0 aromatic heterocycles. The molecular weight excluding hydrogens is 253 g/mol. The molecule has 8 heteroatoms. The number of carboxylic acids is 1. The van der Waals surface area contributed by atoms with Crippen LogP contribution in [0.2, 0.25) is 0 Å². The molecule has 2 atom stereocenters. The summed E-state index contributed by atoms with van der Waals surface area (Å²) in [7, 11) is 2.04. The molecule has 3 N–H and O–H groups in total. The normalized spacial score (nSPS) is 24.9. The van der Waals surface area contributed by atoms with Gasteiger partial charge in [0, 0.05) is 6.04 Å². The third kappa shape index (κ3) is 5.35. The first-order valence-corrected chi connectivity index (χ1v) is 5.37. The molecule has 0 spiro atoms. The first-order chi connectivity index (χ1) is 8.07. The average Bonchev–Trinajstić information content (AvgIpc) is 2.21. The Kier molecular flexibility index (Phi) is 6.10. The van der Waals surface area contributed by atoms with E-state index in [1.165, 1.54) is 0 Å². The Labute approximate surface area is 103 Å². The highest BCUT2D eigenvalue weighted by Crippen LogP contribution is 2.21. The van der Waals surface area contributed by atoms with E-state index >= 15 is 0 Å². The van der Waals surface area contributed by atoms with Crippen LogP contribution in [0.4, 0.5) is 13.2 Å². The highest BCUT2D eigenvalue weighted by Gasteiger charge is 2.38. The van der Waals surface area contributed by atoms with E-state index in [1.807, 2.05) is 7.05 Å². The minimum atomic E-state index is -5.08. The van der Waals surface area contributed by atoms with Gasteiger partial charge in [-0.25, -0.2) is 4.79 Å². The van der Waals surface area contributed by atoms with Crippen LogP contribution in [0.3, 0.4) is 0 Å². The third-order valence-electron chi connectivity index (χ3n) is 2.91. The Morgan fingerprint density at radius 1 is 1.39 bits per heavy atom. The van der Waals surface area contributed by atoms with Crippen LogP contribution in [-0.4, -0.2) is 47.7 Å². The number of likely N-dealkylation sites (tertiary alicyclic amines) is 1. The van der Waals surface area contributed by atoms with Gasteiger partial charge >= 0.3 is 12.1 Å². The Hall–Kier alpha value is -1.31. The maximum absolute atomic E-state index is 10.9. The number of piperidine rings is 1. The van der Waals surface area contributed by atoms with E-state index in [0.29, 0.717) is 6.04 Å². The number of halogens is 3. The molecule has 0 aromatic rings. The fourth-order valence-corrected chi connectivity index (χ4v) is 1.69. The monoisotopic (exact) mass is 270 g/mol. The number of primary amides is 1. The number of carboxylic acid groups (broad SMARTS) is 1. The van der Waals surface area contributed by atoms with Crippen LogP contribution in [0.15, 0.2) is 0 Å². The van der Waals surface area contributed by atoms with E-state index in [9.17, 15) is 18.0 Å². The number of alkyl halides is 3. The molecule has 106 valence electrons. The maximum Gasteiger partial charge on any atom is 0.490 e. The third-order valence-corrected chi connectivity index (χ3v) is 2.91. The molecule has 0 radical (unpaired) electrons. The highest BCUT2D eigenvalue weighted by atomic mass is 19.4. The predicted octanol–water partition coefficient (Wildman–Crippen LogP) is 0.835. The predicted molar refractivity (Wildman–Crippen MR) is 57.7 cm³/mol. The molecule has 0 aliphatic carbocycles. The number of rotatable bonds is 1. The number of amides is 1. The van der Waals surface area contributed by atoms with Gasteiger partial charge in [-0.2, -0.15) is 13.2 Å². The molecule has 0 bridgehead atoms. The standard InChI is InChI=1S/C8H16N2O.C2HF3O2/c1-6-7(8(9)11)4-3-5-10(6)2;3-2(4,5)1(6)7/h6-7H,3-5H2,1-2H3,(H2,9,11);(H,6,7). The lowest BCUT2D eigenvalue weighted by atomic mass is 9.90. The zero-order valence-corrected chi connectivity index (χ0v) is 10.2. The van der Waals surface area contributed by atoms with Gasteiger partial charge in [0.05, 0.1) is 5.92 Å². The summed E-state index contributed by atoms with van der Waals surface area (Å²) in [5, 5.41) is 7.12. The van der Waals surface area contributed by atoms with E-state index in [2.05, 4.69) is 11.8 Å². The summed E-state index contributed by atoms with van der Waals surface area (Å²) in [4.78, 5) is 22.0. The van der Waals surface area contributed by atoms with Gasteiger partial charge in [0.25, 0.3) is 0 Å². The van der Waals surface area contributed by atoms with Crippen LogP contribution in [0, 0.1) is 5.92 Å². The fraction of sp³-hybridized carbons (Fsp3) is 0.800. The van der Waals surface area contributed by atoms with Crippen LogP contribution in [0.5, 0.6) is 0 Å².